The molecule has 1 aromatic carbocycles. The normalized spacial score (nSPS) is 15.7. The number of carbonyl (C=O) groups excluding carboxylic acids is 1. The van der Waals surface area contributed by atoms with E-state index in [1.165, 1.54) is 24.4 Å². The molecule has 0 aliphatic carbocycles. The van der Waals surface area contributed by atoms with Gasteiger partial charge < -0.3 is 20.1 Å². The summed E-state index contributed by atoms with van der Waals surface area (Å²) < 4.78 is 45.4. The fraction of sp³-hybridized carbons (Fsp3) is 0.276. The van der Waals surface area contributed by atoms with E-state index in [2.05, 4.69) is 21.5 Å². The maximum absolute atomic E-state index is 15.9. The highest BCUT2D eigenvalue weighted by molar-refractivity contribution is 7.70. The van der Waals surface area contributed by atoms with Gasteiger partial charge in [-0.05, 0) is 57.5 Å². The maximum atomic E-state index is 15.9. The van der Waals surface area contributed by atoms with E-state index in [4.69, 9.17) is 5.73 Å². The summed E-state index contributed by atoms with van der Waals surface area (Å²) in [6.45, 7) is 11.1. The number of piperazine rings is 1. The number of benzene rings is 1. The zero-order valence-electron chi connectivity index (χ0n) is 23.6. The Morgan fingerprint density at radius 2 is 1.90 bits per heavy atom. The molecule has 1 aliphatic heterocycles. The molecule has 0 unspecified atom stereocenters. The van der Waals surface area contributed by atoms with Crippen LogP contribution in [0.5, 0.6) is 0 Å². The number of nitrogens with zero attached hydrogens (tertiary/aromatic N) is 6. The highest BCUT2D eigenvalue weighted by Gasteiger charge is 2.31. The third kappa shape index (κ3) is 4.96. The maximum Gasteiger partial charge on any atom is 0.355 e. The number of nitrogens with two attached hydrogens (primary N) is 1. The van der Waals surface area contributed by atoms with Gasteiger partial charge in [0.15, 0.2) is 11.5 Å². The minimum atomic E-state index is -2.97. The minimum Gasteiger partial charge on any atom is -0.398 e. The molecule has 1 saturated heterocycles. The highest BCUT2D eigenvalue weighted by Crippen LogP contribution is 2.39. The number of pyridine rings is 2. The quantitative estimate of drug-likeness (QED) is 0.212. The summed E-state index contributed by atoms with van der Waals surface area (Å²) in [5.41, 5.74) is 5.14. The van der Waals surface area contributed by atoms with Crippen molar-refractivity contribution in [3.05, 3.63) is 77.0 Å². The van der Waals surface area contributed by atoms with Gasteiger partial charge in [0.05, 0.1) is 22.3 Å². The molecule has 3 aromatic heterocycles. The molecule has 1 fully saturated rings. The average molecular weight is 594 g/mol. The molecule has 0 radical (unpaired) electrons. The molecule has 1 atom stereocenters. The molecule has 4 aromatic rings. The van der Waals surface area contributed by atoms with E-state index in [9.17, 15) is 18.5 Å². The van der Waals surface area contributed by atoms with E-state index >= 15 is 4.39 Å². The van der Waals surface area contributed by atoms with Crippen molar-refractivity contribution in [2.75, 3.05) is 43.6 Å². The van der Waals surface area contributed by atoms with Crippen LogP contribution in [-0.2, 0) is 9.36 Å². The van der Waals surface area contributed by atoms with Crippen molar-refractivity contribution in [2.24, 2.45) is 0 Å². The molecule has 5 rings (SSSR count). The van der Waals surface area contributed by atoms with E-state index in [1.807, 2.05) is 6.92 Å². The van der Waals surface area contributed by atoms with Gasteiger partial charge in [-0.2, -0.15) is 4.98 Å². The standard InChI is InChI=1S/C29H30F2N7O3P/c1-6-23(39)36-12-13-37(16(2)15-36)27-18-14-20(31)25(24-19(30)8-7-9-21(24)32)34-28(18)38(29(40)35-27)26-17(3)33-11-10-22(26)42(4,5)41/h6-11,14,16H,1,12-13,15,32H2,2-5H3/t16-/m0/s1. The molecule has 1 aliphatic rings. The number of amides is 1. The zero-order chi connectivity index (χ0) is 30.5. The summed E-state index contributed by atoms with van der Waals surface area (Å²) in [5, 5.41) is 0.522. The van der Waals surface area contributed by atoms with Crippen LogP contribution in [-0.4, -0.2) is 69.3 Å². The number of aromatic nitrogens is 4. The fourth-order valence-corrected chi connectivity index (χ4v) is 6.55. The van der Waals surface area contributed by atoms with Crippen molar-refractivity contribution in [3.8, 4) is 16.9 Å². The topological polar surface area (TPSA) is 127 Å². The third-order valence-corrected chi connectivity index (χ3v) is 8.88. The predicted octanol–water partition coefficient (Wildman–Crippen LogP) is 3.48. The molecule has 1 amide bonds. The molecule has 0 spiro atoms. The number of hydrogen-bond donors (Lipinski definition) is 1. The Bertz CT molecular complexity index is 1850. The summed E-state index contributed by atoms with van der Waals surface area (Å²) >= 11 is 0. The van der Waals surface area contributed by atoms with Crippen molar-refractivity contribution in [3.63, 3.8) is 0 Å². The highest BCUT2D eigenvalue weighted by atomic mass is 31.2. The van der Waals surface area contributed by atoms with Crippen molar-refractivity contribution >= 4 is 40.9 Å². The van der Waals surface area contributed by atoms with Gasteiger partial charge >= 0.3 is 5.69 Å². The summed E-state index contributed by atoms with van der Waals surface area (Å²) in [6.07, 6.45) is 2.73. The first-order valence-electron chi connectivity index (χ1n) is 13.2. The molecular formula is C29H30F2N7O3P. The molecule has 0 saturated carbocycles. The van der Waals surface area contributed by atoms with Crippen molar-refractivity contribution in [1.82, 2.24) is 24.4 Å². The van der Waals surface area contributed by atoms with Crippen LogP contribution >= 0.6 is 7.14 Å². The predicted molar refractivity (Wildman–Crippen MR) is 160 cm³/mol. The average Bonchev–Trinajstić information content (AvgIpc) is 2.92. The van der Waals surface area contributed by atoms with Crippen molar-refractivity contribution < 1.29 is 18.1 Å². The van der Waals surface area contributed by atoms with Crippen LogP contribution in [0.2, 0.25) is 0 Å². The third-order valence-electron chi connectivity index (χ3n) is 7.36. The number of carbonyl (C=O) groups is 1. The van der Waals surface area contributed by atoms with E-state index in [1.54, 1.807) is 36.1 Å². The van der Waals surface area contributed by atoms with Gasteiger partial charge in [-0.1, -0.05) is 12.6 Å². The van der Waals surface area contributed by atoms with Crippen LogP contribution in [0.25, 0.3) is 28.0 Å². The van der Waals surface area contributed by atoms with Gasteiger partial charge in [-0.15, -0.1) is 0 Å². The second kappa shape index (κ2) is 10.8. The number of hydrogen-bond acceptors (Lipinski definition) is 8. The first kappa shape index (κ1) is 29.1. The zero-order valence-corrected chi connectivity index (χ0v) is 24.5. The summed E-state index contributed by atoms with van der Waals surface area (Å²) in [5.74, 6) is -1.73. The monoisotopic (exact) mass is 593 g/mol. The summed E-state index contributed by atoms with van der Waals surface area (Å²) in [6, 6.07) is 6.37. The van der Waals surface area contributed by atoms with Crippen LogP contribution in [0, 0.1) is 18.6 Å². The van der Waals surface area contributed by atoms with Crippen LogP contribution in [0.1, 0.15) is 12.6 Å². The van der Waals surface area contributed by atoms with Gasteiger partial charge in [0.1, 0.15) is 24.5 Å². The van der Waals surface area contributed by atoms with E-state index in [0.29, 0.717) is 30.6 Å². The molecule has 218 valence electrons. The van der Waals surface area contributed by atoms with Crippen LogP contribution in [0.15, 0.2) is 54.0 Å². The lowest BCUT2D eigenvalue weighted by molar-refractivity contribution is -0.126. The van der Waals surface area contributed by atoms with Crippen molar-refractivity contribution in [2.45, 2.75) is 19.9 Å². The number of nitrogen functional groups attached to an aromatic ring is 1. The molecule has 42 heavy (non-hydrogen) atoms. The largest absolute Gasteiger partial charge is 0.398 e. The van der Waals surface area contributed by atoms with Crippen LogP contribution in [0.4, 0.5) is 20.3 Å². The Kier molecular flexibility index (Phi) is 7.44. The van der Waals surface area contributed by atoms with Crippen molar-refractivity contribution in [1.29, 1.82) is 0 Å². The van der Waals surface area contributed by atoms with Gasteiger partial charge in [-0.25, -0.2) is 23.1 Å². The molecule has 10 nitrogen and oxygen atoms in total. The number of fused-ring (bicyclic) bond motifs is 1. The van der Waals surface area contributed by atoms with Gasteiger partial charge in [0, 0.05) is 42.9 Å². The minimum absolute atomic E-state index is 0.0355. The summed E-state index contributed by atoms with van der Waals surface area (Å²) in [4.78, 5) is 42.8. The number of halogens is 2. The second-order valence-electron chi connectivity index (χ2n) is 10.6. The number of aryl methyl sites for hydroxylation is 1. The van der Waals surface area contributed by atoms with E-state index in [-0.39, 0.29) is 45.7 Å². The van der Waals surface area contributed by atoms with Gasteiger partial charge in [-0.3, -0.25) is 9.78 Å². The SMILES string of the molecule is C=CC(=O)N1CCN(c2nc(=O)n(-c3c(P(C)(C)=O)ccnc3C)c3nc(-c4c(N)cccc4F)c(F)cc23)[C@@H](C)C1. The Morgan fingerprint density at radius 3 is 2.55 bits per heavy atom. The molecule has 0 bridgehead atoms. The van der Waals surface area contributed by atoms with Crippen LogP contribution < -0.4 is 21.6 Å². The van der Waals surface area contributed by atoms with Crippen LogP contribution in [0.3, 0.4) is 0 Å². The second-order valence-corrected chi connectivity index (χ2v) is 13.8. The molecule has 2 N–H and O–H groups in total. The lowest BCUT2D eigenvalue weighted by Gasteiger charge is -2.40. The Labute approximate surface area is 240 Å². The Morgan fingerprint density at radius 1 is 1.17 bits per heavy atom. The van der Waals surface area contributed by atoms with E-state index < -0.39 is 30.2 Å². The Balaban J connectivity index is 1.86. The first-order chi connectivity index (χ1) is 19.8. The molecule has 13 heteroatoms. The van der Waals surface area contributed by atoms with E-state index in [0.717, 1.165) is 16.7 Å². The lowest BCUT2D eigenvalue weighted by Crippen LogP contribution is -2.54. The smallest absolute Gasteiger partial charge is 0.355 e. The van der Waals surface area contributed by atoms with Gasteiger partial charge in [0.2, 0.25) is 5.91 Å². The number of rotatable bonds is 5. The lowest BCUT2D eigenvalue weighted by atomic mass is 10.1. The van der Waals surface area contributed by atoms with Gasteiger partial charge in [0.25, 0.3) is 0 Å². The number of anilines is 2. The summed E-state index contributed by atoms with van der Waals surface area (Å²) in [7, 11) is -2.97. The molecule has 4 heterocycles. The fourth-order valence-electron chi connectivity index (χ4n) is 5.35. The Hall–Kier alpha value is -4.44. The molecular weight excluding hydrogens is 563 g/mol. The first-order valence-corrected chi connectivity index (χ1v) is 15.8.